The monoisotopic (exact) mass is 325 g/mol. The molecule has 0 unspecified atom stereocenters. The van der Waals surface area contributed by atoms with Crippen LogP contribution in [0, 0.1) is 0 Å². The number of hydrogen-bond acceptors (Lipinski definition) is 7. The molecule has 0 aliphatic heterocycles. The highest BCUT2D eigenvalue weighted by Gasteiger charge is 2.44. The van der Waals surface area contributed by atoms with Crippen molar-refractivity contribution in [3.05, 3.63) is 0 Å². The summed E-state index contributed by atoms with van der Waals surface area (Å²) in [5.74, 6) is -2.52. The molecule has 0 radical (unpaired) electrons. The standard InChI is InChI=1S/C12H24NO7P/c1-7-18-21(16,19-8-2)9(10(14)17-6)13-11(15)20-12(3,4)5/h9H,7-8H2,1-6H3,(H,13,15)/t9-/m0/s1. The zero-order valence-corrected chi connectivity index (χ0v) is 14.2. The largest absolute Gasteiger partial charge is 0.467 e. The maximum absolute atomic E-state index is 12.6. The molecule has 0 aromatic carbocycles. The first-order valence-electron chi connectivity index (χ1n) is 6.55. The van der Waals surface area contributed by atoms with Gasteiger partial charge in [-0.2, -0.15) is 0 Å². The Labute approximate surface area is 125 Å². The number of amides is 1. The summed E-state index contributed by atoms with van der Waals surface area (Å²) < 4.78 is 32.3. The molecular weight excluding hydrogens is 301 g/mol. The van der Waals surface area contributed by atoms with E-state index in [0.29, 0.717) is 0 Å². The van der Waals surface area contributed by atoms with Crippen molar-refractivity contribution in [1.29, 1.82) is 0 Å². The quantitative estimate of drug-likeness (QED) is 0.566. The minimum atomic E-state index is -3.91. The first kappa shape index (κ1) is 19.9. The molecule has 9 heteroatoms. The van der Waals surface area contributed by atoms with Crippen LogP contribution in [0.15, 0.2) is 0 Å². The predicted molar refractivity (Wildman–Crippen MR) is 76.0 cm³/mol. The van der Waals surface area contributed by atoms with Crippen molar-refractivity contribution in [2.75, 3.05) is 20.3 Å². The molecule has 1 N–H and O–H groups in total. The second-order valence-corrected chi connectivity index (χ2v) is 7.06. The molecular formula is C12H24NO7P. The number of alkyl carbamates (subject to hydrolysis) is 1. The minimum absolute atomic E-state index is 0.0424. The maximum atomic E-state index is 12.6. The summed E-state index contributed by atoms with van der Waals surface area (Å²) in [5.41, 5.74) is -0.772. The van der Waals surface area contributed by atoms with Crippen molar-refractivity contribution in [2.24, 2.45) is 0 Å². The van der Waals surface area contributed by atoms with Crippen LogP contribution < -0.4 is 5.32 Å². The lowest BCUT2D eigenvalue weighted by Crippen LogP contribution is -2.44. The molecule has 0 aromatic rings. The Morgan fingerprint density at radius 2 is 1.62 bits per heavy atom. The minimum Gasteiger partial charge on any atom is -0.467 e. The third kappa shape index (κ3) is 6.93. The summed E-state index contributed by atoms with van der Waals surface area (Å²) in [4.78, 5) is 23.6. The smallest absolute Gasteiger partial charge is 0.408 e. The van der Waals surface area contributed by atoms with Crippen molar-refractivity contribution < 1.29 is 32.7 Å². The van der Waals surface area contributed by atoms with Gasteiger partial charge in [0.05, 0.1) is 20.3 Å². The predicted octanol–water partition coefficient (Wildman–Crippen LogP) is 2.28. The van der Waals surface area contributed by atoms with Gasteiger partial charge in [-0.05, 0) is 34.6 Å². The van der Waals surface area contributed by atoms with Crippen LogP contribution in [0.5, 0.6) is 0 Å². The molecule has 0 aliphatic carbocycles. The second kappa shape index (κ2) is 8.36. The van der Waals surface area contributed by atoms with E-state index in [2.05, 4.69) is 10.1 Å². The third-order valence-corrected chi connectivity index (χ3v) is 4.22. The lowest BCUT2D eigenvalue weighted by atomic mass is 10.2. The molecule has 0 saturated heterocycles. The van der Waals surface area contributed by atoms with E-state index >= 15 is 0 Å². The van der Waals surface area contributed by atoms with E-state index in [9.17, 15) is 14.2 Å². The van der Waals surface area contributed by atoms with Gasteiger partial charge in [-0.3, -0.25) is 9.88 Å². The molecule has 124 valence electrons. The van der Waals surface area contributed by atoms with Crippen molar-refractivity contribution in [2.45, 2.75) is 46.0 Å². The van der Waals surface area contributed by atoms with E-state index in [1.165, 1.54) is 0 Å². The van der Waals surface area contributed by atoms with Crippen LogP contribution in [0.25, 0.3) is 0 Å². The fraction of sp³-hybridized carbons (Fsp3) is 0.833. The lowest BCUT2D eigenvalue weighted by Gasteiger charge is -2.26. The number of carbonyl (C=O) groups is 2. The molecule has 0 aliphatic rings. The Morgan fingerprint density at radius 1 is 1.14 bits per heavy atom. The fourth-order valence-corrected chi connectivity index (χ4v) is 3.06. The Kier molecular flexibility index (Phi) is 7.92. The van der Waals surface area contributed by atoms with Crippen molar-refractivity contribution in [1.82, 2.24) is 5.32 Å². The number of esters is 1. The molecule has 0 spiro atoms. The zero-order valence-electron chi connectivity index (χ0n) is 13.3. The van der Waals surface area contributed by atoms with E-state index in [-0.39, 0.29) is 13.2 Å². The molecule has 0 bridgehead atoms. The van der Waals surface area contributed by atoms with Crippen molar-refractivity contribution >= 4 is 19.7 Å². The average molecular weight is 325 g/mol. The topological polar surface area (TPSA) is 100 Å². The Bertz CT molecular complexity index is 395. The van der Waals surface area contributed by atoms with E-state index in [1.807, 2.05) is 0 Å². The Balaban J connectivity index is 5.23. The van der Waals surface area contributed by atoms with Gasteiger partial charge in [0.2, 0.25) is 5.78 Å². The Hall–Kier alpha value is -1.11. The highest BCUT2D eigenvalue weighted by molar-refractivity contribution is 7.55. The number of hydrogen-bond donors (Lipinski definition) is 1. The van der Waals surface area contributed by atoms with Gasteiger partial charge in [0.25, 0.3) is 0 Å². The summed E-state index contributed by atoms with van der Waals surface area (Å²) in [6.45, 7) is 8.24. The number of methoxy groups -OCH3 is 1. The number of carbonyl (C=O) groups excluding carboxylic acids is 2. The summed E-state index contributed by atoms with van der Waals surface area (Å²) >= 11 is 0. The number of ether oxygens (including phenoxy) is 2. The molecule has 8 nitrogen and oxygen atoms in total. The number of nitrogens with one attached hydrogen (secondary N) is 1. The highest BCUT2D eigenvalue weighted by Crippen LogP contribution is 2.52. The van der Waals surface area contributed by atoms with Crippen molar-refractivity contribution in [3.8, 4) is 0 Å². The molecule has 0 rings (SSSR count). The fourth-order valence-electron chi connectivity index (χ4n) is 1.34. The second-order valence-electron chi connectivity index (χ2n) is 4.95. The molecule has 21 heavy (non-hydrogen) atoms. The normalized spacial score (nSPS) is 13.4. The van der Waals surface area contributed by atoms with Gasteiger partial charge in [0.15, 0.2) is 0 Å². The average Bonchev–Trinajstić information content (AvgIpc) is 2.33. The maximum Gasteiger partial charge on any atom is 0.408 e. The summed E-state index contributed by atoms with van der Waals surface area (Å²) in [6, 6.07) is 0. The summed E-state index contributed by atoms with van der Waals surface area (Å²) in [5, 5.41) is 2.19. The van der Waals surface area contributed by atoms with Crippen LogP contribution in [-0.4, -0.2) is 43.8 Å². The van der Waals surface area contributed by atoms with Gasteiger partial charge in [-0.15, -0.1) is 0 Å². The third-order valence-electron chi connectivity index (χ3n) is 2.01. The zero-order chi connectivity index (χ0) is 16.7. The highest BCUT2D eigenvalue weighted by atomic mass is 31.2. The summed E-state index contributed by atoms with van der Waals surface area (Å²) in [7, 11) is -2.80. The molecule has 0 heterocycles. The van der Waals surface area contributed by atoms with Crippen molar-refractivity contribution in [3.63, 3.8) is 0 Å². The van der Waals surface area contributed by atoms with Gasteiger partial charge >= 0.3 is 19.7 Å². The van der Waals surface area contributed by atoms with E-state index in [0.717, 1.165) is 7.11 Å². The van der Waals surface area contributed by atoms with Gasteiger partial charge in [-0.1, -0.05) is 0 Å². The molecule has 1 amide bonds. The van der Waals surface area contributed by atoms with Crippen LogP contribution in [0.2, 0.25) is 0 Å². The van der Waals surface area contributed by atoms with Crippen LogP contribution in [0.1, 0.15) is 34.6 Å². The molecule has 0 fully saturated rings. The van der Waals surface area contributed by atoms with Gasteiger partial charge in [0.1, 0.15) is 5.60 Å². The van der Waals surface area contributed by atoms with Crippen LogP contribution in [0.3, 0.4) is 0 Å². The number of rotatable bonds is 7. The van der Waals surface area contributed by atoms with E-state index in [4.69, 9.17) is 13.8 Å². The first-order valence-corrected chi connectivity index (χ1v) is 8.17. The Morgan fingerprint density at radius 3 is 1.95 bits per heavy atom. The van der Waals surface area contributed by atoms with Crippen LogP contribution >= 0.6 is 7.60 Å². The van der Waals surface area contributed by atoms with Gasteiger partial charge in [0, 0.05) is 0 Å². The summed E-state index contributed by atoms with van der Waals surface area (Å²) in [6.07, 6.45) is -0.919. The van der Waals surface area contributed by atoms with Gasteiger partial charge < -0.3 is 18.5 Å². The lowest BCUT2D eigenvalue weighted by molar-refractivity contribution is -0.141. The van der Waals surface area contributed by atoms with Crippen LogP contribution in [0.4, 0.5) is 4.79 Å². The first-order chi connectivity index (χ1) is 9.59. The van der Waals surface area contributed by atoms with Crippen LogP contribution in [-0.2, 0) is 27.9 Å². The van der Waals surface area contributed by atoms with E-state index < -0.39 is 31.0 Å². The molecule has 1 atom stereocenters. The SMILES string of the molecule is CCOP(=O)(OCC)[C@H](NC(=O)OC(C)(C)C)C(=O)OC. The molecule has 0 saturated carbocycles. The van der Waals surface area contributed by atoms with E-state index in [1.54, 1.807) is 34.6 Å². The van der Waals surface area contributed by atoms with Gasteiger partial charge in [-0.25, -0.2) is 9.59 Å². The molecule has 0 aromatic heterocycles.